The van der Waals surface area contributed by atoms with E-state index in [1.165, 1.54) is 6.20 Å². The molecule has 0 unspecified atom stereocenters. The zero-order valence-corrected chi connectivity index (χ0v) is 8.45. The maximum atomic E-state index is 11.5. The number of pyridine rings is 1. The van der Waals surface area contributed by atoms with E-state index in [9.17, 15) is 4.79 Å². The lowest BCUT2D eigenvalue weighted by Crippen LogP contribution is -2.24. The van der Waals surface area contributed by atoms with E-state index in [1.54, 1.807) is 12.1 Å². The summed E-state index contributed by atoms with van der Waals surface area (Å²) in [6.07, 6.45) is 1.54. The molecule has 0 aliphatic heterocycles. The number of rotatable bonds is 2. The van der Waals surface area contributed by atoms with Crippen LogP contribution < -0.4 is 5.32 Å². The van der Waals surface area contributed by atoms with Gasteiger partial charge in [-0.2, -0.15) is 0 Å². The Hall–Kier alpha value is -1.86. The number of hydrogen-bond donors (Lipinski definition) is 2. The van der Waals surface area contributed by atoms with Crippen LogP contribution in [0.2, 0.25) is 0 Å². The fourth-order valence-corrected chi connectivity index (χ4v) is 1.07. The number of amides is 1. The lowest BCUT2D eigenvalue weighted by atomic mass is 10.2. The summed E-state index contributed by atoms with van der Waals surface area (Å²) in [5, 5.41) is 11.2. The average Bonchev–Trinajstić information content (AvgIpc) is 2.27. The van der Waals surface area contributed by atoms with Crippen LogP contribution in [0.1, 0.15) is 23.0 Å². The number of hydrogen-bond acceptors (Lipinski definition) is 3. The second-order valence-corrected chi connectivity index (χ2v) is 2.72. The zero-order chi connectivity index (χ0) is 11.1. The van der Waals surface area contributed by atoms with Crippen LogP contribution in [0.3, 0.4) is 0 Å². The van der Waals surface area contributed by atoms with Gasteiger partial charge in [-0.15, -0.1) is 0 Å². The Kier molecular flexibility index (Phi) is 4.32. The van der Waals surface area contributed by atoms with Crippen molar-refractivity contribution in [3.8, 4) is 11.8 Å². The van der Waals surface area contributed by atoms with E-state index >= 15 is 0 Å². The molecule has 1 amide bonds. The maximum absolute atomic E-state index is 11.5. The second kappa shape index (κ2) is 5.78. The van der Waals surface area contributed by atoms with Gasteiger partial charge in [0.2, 0.25) is 0 Å². The van der Waals surface area contributed by atoms with Crippen LogP contribution in [0.4, 0.5) is 0 Å². The normalized spacial score (nSPS) is 8.93. The quantitative estimate of drug-likeness (QED) is 0.675. The average molecular weight is 204 g/mol. The lowest BCUT2D eigenvalue weighted by Gasteiger charge is -2.02. The Morgan fingerprint density at radius 2 is 2.47 bits per heavy atom. The highest BCUT2D eigenvalue weighted by molar-refractivity contribution is 5.94. The van der Waals surface area contributed by atoms with E-state index in [1.807, 2.05) is 6.92 Å². The standard InChI is InChI=1S/C11H12N2O2/c1-2-12-11(15)10-9(6-4-8-14)5-3-7-13-10/h3,5,7,14H,2,8H2,1H3,(H,12,15). The molecule has 0 bridgehead atoms. The van der Waals surface area contributed by atoms with Gasteiger partial charge in [-0.3, -0.25) is 4.79 Å². The van der Waals surface area contributed by atoms with Crippen molar-refractivity contribution in [3.05, 3.63) is 29.6 Å². The molecule has 1 aromatic rings. The van der Waals surface area contributed by atoms with E-state index < -0.39 is 0 Å². The highest BCUT2D eigenvalue weighted by Crippen LogP contribution is 2.02. The van der Waals surface area contributed by atoms with Crippen molar-refractivity contribution in [3.63, 3.8) is 0 Å². The highest BCUT2D eigenvalue weighted by Gasteiger charge is 2.09. The third-order valence-corrected chi connectivity index (χ3v) is 1.66. The van der Waals surface area contributed by atoms with E-state index in [2.05, 4.69) is 22.1 Å². The summed E-state index contributed by atoms with van der Waals surface area (Å²) >= 11 is 0. The number of carbonyl (C=O) groups excluding carboxylic acids is 1. The molecule has 4 nitrogen and oxygen atoms in total. The van der Waals surface area contributed by atoms with Gasteiger partial charge >= 0.3 is 0 Å². The Morgan fingerprint density at radius 3 is 3.13 bits per heavy atom. The number of aliphatic hydroxyl groups is 1. The van der Waals surface area contributed by atoms with Crippen molar-refractivity contribution >= 4 is 5.91 Å². The molecule has 1 heterocycles. The van der Waals surface area contributed by atoms with E-state index in [-0.39, 0.29) is 12.5 Å². The molecule has 0 radical (unpaired) electrons. The molecule has 0 spiro atoms. The van der Waals surface area contributed by atoms with Gasteiger partial charge in [-0.25, -0.2) is 4.98 Å². The molecule has 0 aliphatic rings. The van der Waals surface area contributed by atoms with Crippen molar-refractivity contribution in [2.45, 2.75) is 6.92 Å². The first-order chi connectivity index (χ1) is 7.29. The van der Waals surface area contributed by atoms with Crippen molar-refractivity contribution < 1.29 is 9.90 Å². The fraction of sp³-hybridized carbons (Fsp3) is 0.273. The Labute approximate surface area is 88.3 Å². The molecule has 0 fully saturated rings. The summed E-state index contributed by atoms with van der Waals surface area (Å²) in [6, 6.07) is 3.39. The fourth-order valence-electron chi connectivity index (χ4n) is 1.07. The van der Waals surface area contributed by atoms with Crippen LogP contribution in [0.5, 0.6) is 0 Å². The largest absolute Gasteiger partial charge is 0.384 e. The highest BCUT2D eigenvalue weighted by atomic mass is 16.2. The monoisotopic (exact) mass is 204 g/mol. The Balaban J connectivity index is 3.00. The summed E-state index contributed by atoms with van der Waals surface area (Å²) < 4.78 is 0. The first kappa shape index (κ1) is 11.2. The molecule has 15 heavy (non-hydrogen) atoms. The van der Waals surface area contributed by atoms with Gasteiger partial charge < -0.3 is 10.4 Å². The number of carbonyl (C=O) groups is 1. The predicted molar refractivity (Wildman–Crippen MR) is 56.2 cm³/mol. The van der Waals surface area contributed by atoms with Crippen LogP contribution in [-0.2, 0) is 0 Å². The number of nitrogens with zero attached hydrogens (tertiary/aromatic N) is 1. The third-order valence-electron chi connectivity index (χ3n) is 1.66. The summed E-state index contributed by atoms with van der Waals surface area (Å²) in [5.74, 6) is 4.92. The van der Waals surface area contributed by atoms with Gasteiger partial charge in [0.15, 0.2) is 0 Å². The summed E-state index contributed by atoms with van der Waals surface area (Å²) in [4.78, 5) is 15.5. The molecule has 4 heteroatoms. The second-order valence-electron chi connectivity index (χ2n) is 2.72. The number of aromatic nitrogens is 1. The van der Waals surface area contributed by atoms with Gasteiger partial charge in [0, 0.05) is 12.7 Å². The topological polar surface area (TPSA) is 62.2 Å². The minimum atomic E-state index is -0.250. The first-order valence-electron chi connectivity index (χ1n) is 4.62. The molecule has 1 rings (SSSR count). The molecule has 0 atom stereocenters. The minimum Gasteiger partial charge on any atom is -0.384 e. The molecule has 78 valence electrons. The van der Waals surface area contributed by atoms with E-state index in [4.69, 9.17) is 5.11 Å². The van der Waals surface area contributed by atoms with E-state index in [0.29, 0.717) is 17.8 Å². The zero-order valence-electron chi connectivity index (χ0n) is 8.45. The predicted octanol–water partition coefficient (Wildman–Crippen LogP) is 0.175. The van der Waals surface area contributed by atoms with Crippen molar-refractivity contribution in [1.82, 2.24) is 10.3 Å². The van der Waals surface area contributed by atoms with Crippen LogP contribution in [-0.4, -0.2) is 29.1 Å². The Morgan fingerprint density at radius 1 is 1.67 bits per heavy atom. The van der Waals surface area contributed by atoms with Crippen LogP contribution >= 0.6 is 0 Å². The molecular weight excluding hydrogens is 192 g/mol. The third kappa shape index (κ3) is 3.08. The van der Waals surface area contributed by atoms with Crippen molar-refractivity contribution in [2.75, 3.05) is 13.2 Å². The SMILES string of the molecule is CCNC(=O)c1ncccc1C#CCO. The van der Waals surface area contributed by atoms with E-state index in [0.717, 1.165) is 0 Å². The summed E-state index contributed by atoms with van der Waals surface area (Å²) in [5.41, 5.74) is 0.817. The van der Waals surface area contributed by atoms with Crippen LogP contribution in [0.15, 0.2) is 18.3 Å². The molecule has 2 N–H and O–H groups in total. The minimum absolute atomic E-state index is 0.232. The smallest absolute Gasteiger partial charge is 0.271 e. The van der Waals surface area contributed by atoms with Gasteiger partial charge in [0.25, 0.3) is 5.91 Å². The maximum Gasteiger partial charge on any atom is 0.271 e. The molecule has 1 aromatic heterocycles. The van der Waals surface area contributed by atoms with Gasteiger partial charge in [-0.1, -0.05) is 11.8 Å². The molecular formula is C11H12N2O2. The number of aliphatic hydroxyl groups excluding tert-OH is 1. The van der Waals surface area contributed by atoms with Gasteiger partial charge in [0.05, 0.1) is 5.56 Å². The van der Waals surface area contributed by atoms with Crippen molar-refractivity contribution in [1.29, 1.82) is 0 Å². The molecule has 0 aliphatic carbocycles. The summed E-state index contributed by atoms with van der Waals surface area (Å²) in [6.45, 7) is 2.14. The van der Waals surface area contributed by atoms with Crippen molar-refractivity contribution in [2.24, 2.45) is 0 Å². The summed E-state index contributed by atoms with van der Waals surface area (Å²) in [7, 11) is 0. The molecule has 0 aromatic carbocycles. The Bertz CT molecular complexity index is 405. The first-order valence-corrected chi connectivity index (χ1v) is 4.62. The molecule has 0 saturated heterocycles. The van der Waals surface area contributed by atoms with Gasteiger partial charge in [0.1, 0.15) is 12.3 Å². The lowest BCUT2D eigenvalue weighted by molar-refractivity contribution is 0.0950. The molecule has 0 saturated carbocycles. The van der Waals surface area contributed by atoms with Crippen LogP contribution in [0, 0.1) is 11.8 Å². The van der Waals surface area contributed by atoms with Crippen LogP contribution in [0.25, 0.3) is 0 Å². The number of nitrogens with one attached hydrogen (secondary N) is 1. The van der Waals surface area contributed by atoms with Gasteiger partial charge in [-0.05, 0) is 19.1 Å².